The van der Waals surface area contributed by atoms with Gasteiger partial charge in [0.25, 0.3) is 0 Å². The van der Waals surface area contributed by atoms with Gasteiger partial charge in [0.15, 0.2) is 0 Å². The zero-order chi connectivity index (χ0) is 11.5. The van der Waals surface area contributed by atoms with Crippen molar-refractivity contribution in [2.75, 3.05) is 6.61 Å². The number of hydrogen-bond donors (Lipinski definition) is 2. The summed E-state index contributed by atoms with van der Waals surface area (Å²) < 4.78 is 5.53. The Bertz CT molecular complexity index is 316. The van der Waals surface area contributed by atoms with E-state index in [4.69, 9.17) is 10.5 Å². The van der Waals surface area contributed by atoms with Crippen molar-refractivity contribution in [1.82, 2.24) is 0 Å². The molecule has 1 aromatic carbocycles. The molecule has 0 radical (unpaired) electrons. The molecule has 0 saturated carbocycles. The van der Waals surface area contributed by atoms with E-state index in [0.29, 0.717) is 0 Å². The number of hydrogen-bond acceptors (Lipinski definition) is 3. The predicted molar refractivity (Wildman–Crippen MR) is 60.8 cm³/mol. The van der Waals surface area contributed by atoms with Crippen LogP contribution in [0.25, 0.3) is 0 Å². The molecule has 1 aromatic rings. The second-order valence-corrected chi connectivity index (χ2v) is 4.43. The fourth-order valence-corrected chi connectivity index (χ4v) is 1.24. The molecule has 3 heteroatoms. The summed E-state index contributed by atoms with van der Waals surface area (Å²) in [6.45, 7) is 5.59. The van der Waals surface area contributed by atoms with Crippen LogP contribution < -0.4 is 10.5 Å². The Labute approximate surface area is 90.9 Å². The standard InChI is InChI=1S/C12H19NO2/c1-9(13)10-6-4-5-7-11(10)15-8-12(2,3)14/h4-7,9,14H,8,13H2,1-3H3/t9-/m0/s1. The van der Waals surface area contributed by atoms with Gasteiger partial charge in [0.05, 0.1) is 5.60 Å². The molecule has 3 N–H and O–H groups in total. The number of ether oxygens (including phenoxy) is 1. The Morgan fingerprint density at radius 1 is 1.40 bits per heavy atom. The van der Waals surface area contributed by atoms with Gasteiger partial charge in [-0.1, -0.05) is 18.2 Å². The zero-order valence-electron chi connectivity index (χ0n) is 9.53. The molecule has 0 heterocycles. The van der Waals surface area contributed by atoms with E-state index in [1.165, 1.54) is 0 Å². The Balaban J connectivity index is 2.76. The maximum absolute atomic E-state index is 9.55. The molecular formula is C12H19NO2. The molecule has 0 bridgehead atoms. The lowest BCUT2D eigenvalue weighted by Gasteiger charge is -2.20. The third-order valence-electron chi connectivity index (χ3n) is 1.99. The SMILES string of the molecule is C[C@H](N)c1ccccc1OCC(C)(C)O. The summed E-state index contributed by atoms with van der Waals surface area (Å²) >= 11 is 0. The first-order chi connectivity index (χ1) is 6.90. The molecular weight excluding hydrogens is 190 g/mol. The van der Waals surface area contributed by atoms with Gasteiger partial charge >= 0.3 is 0 Å². The maximum atomic E-state index is 9.55. The molecule has 0 aliphatic heterocycles. The summed E-state index contributed by atoms with van der Waals surface area (Å²) in [6, 6.07) is 7.55. The highest BCUT2D eigenvalue weighted by atomic mass is 16.5. The smallest absolute Gasteiger partial charge is 0.124 e. The van der Waals surface area contributed by atoms with Crippen molar-refractivity contribution < 1.29 is 9.84 Å². The van der Waals surface area contributed by atoms with E-state index in [1.807, 2.05) is 31.2 Å². The highest BCUT2D eigenvalue weighted by Gasteiger charge is 2.15. The van der Waals surface area contributed by atoms with Crippen LogP contribution in [0.1, 0.15) is 32.4 Å². The Hall–Kier alpha value is -1.06. The van der Waals surface area contributed by atoms with Crippen molar-refractivity contribution in [2.45, 2.75) is 32.4 Å². The van der Waals surface area contributed by atoms with Crippen LogP contribution in [-0.4, -0.2) is 17.3 Å². The van der Waals surface area contributed by atoms with Gasteiger partial charge in [0, 0.05) is 11.6 Å². The van der Waals surface area contributed by atoms with Crippen LogP contribution in [0.4, 0.5) is 0 Å². The van der Waals surface area contributed by atoms with Crippen LogP contribution in [0.3, 0.4) is 0 Å². The van der Waals surface area contributed by atoms with Gasteiger partial charge in [0.1, 0.15) is 12.4 Å². The third kappa shape index (κ3) is 3.90. The molecule has 0 unspecified atom stereocenters. The van der Waals surface area contributed by atoms with Crippen LogP contribution in [0, 0.1) is 0 Å². The number of para-hydroxylation sites is 1. The summed E-state index contributed by atoms with van der Waals surface area (Å²) in [4.78, 5) is 0. The lowest BCUT2D eigenvalue weighted by atomic mass is 10.1. The first kappa shape index (κ1) is 12.0. The van der Waals surface area contributed by atoms with E-state index in [-0.39, 0.29) is 12.6 Å². The van der Waals surface area contributed by atoms with Crippen LogP contribution in [0.5, 0.6) is 5.75 Å². The third-order valence-corrected chi connectivity index (χ3v) is 1.99. The van der Waals surface area contributed by atoms with Crippen LogP contribution in [0.15, 0.2) is 24.3 Å². The summed E-state index contributed by atoms with van der Waals surface area (Å²) in [6.07, 6.45) is 0. The Morgan fingerprint density at radius 2 is 2.00 bits per heavy atom. The summed E-state index contributed by atoms with van der Waals surface area (Å²) in [7, 11) is 0. The Kier molecular flexibility index (Phi) is 3.72. The number of benzene rings is 1. The summed E-state index contributed by atoms with van der Waals surface area (Å²) in [5, 5.41) is 9.55. The van der Waals surface area contributed by atoms with Gasteiger partial charge in [-0.05, 0) is 26.8 Å². The van der Waals surface area contributed by atoms with E-state index in [9.17, 15) is 5.11 Å². The van der Waals surface area contributed by atoms with Gasteiger partial charge in [-0.3, -0.25) is 0 Å². The molecule has 84 valence electrons. The lowest BCUT2D eigenvalue weighted by molar-refractivity contribution is 0.0280. The highest BCUT2D eigenvalue weighted by molar-refractivity contribution is 5.35. The summed E-state index contributed by atoms with van der Waals surface area (Å²) in [5.74, 6) is 0.745. The molecule has 1 atom stereocenters. The quantitative estimate of drug-likeness (QED) is 0.795. The van der Waals surface area contributed by atoms with Gasteiger partial charge in [-0.25, -0.2) is 0 Å². The fourth-order valence-electron chi connectivity index (χ4n) is 1.24. The molecule has 0 fully saturated rings. The minimum atomic E-state index is -0.828. The molecule has 0 amide bonds. The lowest BCUT2D eigenvalue weighted by Crippen LogP contribution is -2.28. The first-order valence-corrected chi connectivity index (χ1v) is 5.10. The average molecular weight is 209 g/mol. The normalized spacial score (nSPS) is 13.7. The second-order valence-electron chi connectivity index (χ2n) is 4.43. The first-order valence-electron chi connectivity index (χ1n) is 5.10. The Morgan fingerprint density at radius 3 is 2.53 bits per heavy atom. The van der Waals surface area contributed by atoms with Crippen molar-refractivity contribution in [3.63, 3.8) is 0 Å². The zero-order valence-corrected chi connectivity index (χ0v) is 9.53. The largest absolute Gasteiger partial charge is 0.490 e. The van der Waals surface area contributed by atoms with Gasteiger partial charge in [0.2, 0.25) is 0 Å². The predicted octanol–water partition coefficient (Wildman–Crippen LogP) is 1.86. The maximum Gasteiger partial charge on any atom is 0.124 e. The topological polar surface area (TPSA) is 55.5 Å². The second kappa shape index (κ2) is 4.64. The van der Waals surface area contributed by atoms with E-state index in [1.54, 1.807) is 13.8 Å². The molecule has 3 nitrogen and oxygen atoms in total. The molecule has 0 aliphatic rings. The van der Waals surface area contributed by atoms with E-state index >= 15 is 0 Å². The van der Waals surface area contributed by atoms with Crippen molar-refractivity contribution in [2.24, 2.45) is 5.73 Å². The van der Waals surface area contributed by atoms with Crippen LogP contribution >= 0.6 is 0 Å². The van der Waals surface area contributed by atoms with E-state index in [2.05, 4.69) is 0 Å². The van der Waals surface area contributed by atoms with Crippen LogP contribution in [0.2, 0.25) is 0 Å². The number of rotatable bonds is 4. The number of nitrogens with two attached hydrogens (primary N) is 1. The van der Waals surface area contributed by atoms with Gasteiger partial charge < -0.3 is 15.6 Å². The fraction of sp³-hybridized carbons (Fsp3) is 0.500. The van der Waals surface area contributed by atoms with Crippen molar-refractivity contribution in [3.05, 3.63) is 29.8 Å². The average Bonchev–Trinajstić information content (AvgIpc) is 2.14. The minimum absolute atomic E-state index is 0.0667. The van der Waals surface area contributed by atoms with Crippen LogP contribution in [-0.2, 0) is 0 Å². The molecule has 0 aliphatic carbocycles. The van der Waals surface area contributed by atoms with E-state index < -0.39 is 5.60 Å². The molecule has 0 aromatic heterocycles. The molecule has 0 saturated heterocycles. The molecule has 15 heavy (non-hydrogen) atoms. The monoisotopic (exact) mass is 209 g/mol. The number of aliphatic hydroxyl groups is 1. The highest BCUT2D eigenvalue weighted by Crippen LogP contribution is 2.23. The molecule has 0 spiro atoms. The summed E-state index contributed by atoms with van der Waals surface area (Å²) in [5.41, 5.74) is 5.94. The molecule has 1 rings (SSSR count). The van der Waals surface area contributed by atoms with Crippen molar-refractivity contribution in [3.8, 4) is 5.75 Å². The van der Waals surface area contributed by atoms with Gasteiger partial charge in [-0.15, -0.1) is 0 Å². The minimum Gasteiger partial charge on any atom is -0.490 e. The van der Waals surface area contributed by atoms with E-state index in [0.717, 1.165) is 11.3 Å². The van der Waals surface area contributed by atoms with Crippen molar-refractivity contribution >= 4 is 0 Å². The van der Waals surface area contributed by atoms with Gasteiger partial charge in [-0.2, -0.15) is 0 Å². The van der Waals surface area contributed by atoms with Crippen molar-refractivity contribution in [1.29, 1.82) is 0 Å².